The molecule has 43 heavy (non-hydrogen) atoms. The summed E-state index contributed by atoms with van der Waals surface area (Å²) >= 11 is 0. The number of hydrogen-bond acceptors (Lipinski definition) is 10. The van der Waals surface area contributed by atoms with Gasteiger partial charge in [-0.1, -0.05) is 0 Å². The number of hydrogen-bond donors (Lipinski definition) is 1. The van der Waals surface area contributed by atoms with E-state index >= 15 is 4.39 Å². The van der Waals surface area contributed by atoms with Gasteiger partial charge in [-0.3, -0.25) is 14.5 Å². The molecule has 2 fully saturated rings. The van der Waals surface area contributed by atoms with Gasteiger partial charge in [0.25, 0.3) is 11.8 Å². The molecule has 0 atom stereocenters. The largest absolute Gasteiger partial charge is 0.451 e. The third-order valence-electron chi connectivity index (χ3n) is 7.49. The van der Waals surface area contributed by atoms with E-state index in [2.05, 4.69) is 9.97 Å². The molecule has 2 aliphatic rings. The van der Waals surface area contributed by atoms with E-state index in [0.717, 1.165) is 6.20 Å². The molecule has 0 unspecified atom stereocenters. The lowest BCUT2D eigenvalue weighted by Crippen LogP contribution is -2.40. The van der Waals surface area contributed by atoms with Crippen LogP contribution in [0.5, 0.6) is 0 Å². The molecular weight excluding hydrogens is 559 g/mol. The lowest BCUT2D eigenvalue weighted by Gasteiger charge is -2.25. The first-order valence-electron chi connectivity index (χ1n) is 13.8. The number of amides is 2. The molecule has 5 heterocycles. The molecule has 0 spiro atoms. The van der Waals surface area contributed by atoms with Crippen molar-refractivity contribution in [3.8, 4) is 0 Å². The Bertz CT molecular complexity index is 1730. The summed E-state index contributed by atoms with van der Waals surface area (Å²) in [4.78, 5) is 39.0. The number of nitrogens with two attached hydrogens (primary N) is 1. The quantitative estimate of drug-likeness (QED) is 0.320. The topological polar surface area (TPSA) is 140 Å². The van der Waals surface area contributed by atoms with Crippen LogP contribution in [0.3, 0.4) is 0 Å². The van der Waals surface area contributed by atoms with Crippen LogP contribution in [0, 0.1) is 5.82 Å². The van der Waals surface area contributed by atoms with Crippen molar-refractivity contribution in [3.63, 3.8) is 0 Å². The Hall–Kier alpha value is -5.01. The normalized spacial score (nSPS) is 15.7. The van der Waals surface area contributed by atoms with E-state index < -0.39 is 5.82 Å². The number of carbonyl (C=O) groups is 2. The lowest BCUT2D eigenvalue weighted by atomic mass is 10.1. The number of halogens is 1. The second kappa shape index (κ2) is 11.0. The Kier molecular flexibility index (Phi) is 6.87. The molecule has 0 radical (unpaired) electrons. The van der Waals surface area contributed by atoms with Gasteiger partial charge in [-0.05, 0) is 48.5 Å². The van der Waals surface area contributed by atoms with E-state index in [0.29, 0.717) is 85.9 Å². The van der Waals surface area contributed by atoms with Crippen LogP contribution in [0.15, 0.2) is 63.6 Å². The van der Waals surface area contributed by atoms with Crippen molar-refractivity contribution in [2.75, 3.05) is 63.2 Å². The van der Waals surface area contributed by atoms with Crippen molar-refractivity contribution in [2.24, 2.45) is 0 Å². The number of morpholine rings is 2. The SMILES string of the molecule is Nc1ncc(F)c(N(c2ccc3oc(C(=O)N4CCOCC4)cc3c2)c2ccc3oc(C(=O)N4CCOCC4)cc3c2)n1. The minimum Gasteiger partial charge on any atom is -0.451 e. The predicted molar refractivity (Wildman–Crippen MR) is 154 cm³/mol. The molecule has 220 valence electrons. The van der Waals surface area contributed by atoms with Crippen LogP contribution in [0.1, 0.15) is 21.1 Å². The number of fused-ring (bicyclic) bond motifs is 2. The van der Waals surface area contributed by atoms with E-state index in [9.17, 15) is 9.59 Å². The van der Waals surface area contributed by atoms with Crippen LogP contribution in [0.4, 0.5) is 27.5 Å². The summed E-state index contributed by atoms with van der Waals surface area (Å²) in [5.74, 6) is -0.911. The van der Waals surface area contributed by atoms with Crippen LogP contribution in [-0.2, 0) is 9.47 Å². The predicted octanol–water partition coefficient (Wildman–Crippen LogP) is 4.10. The summed E-state index contributed by atoms with van der Waals surface area (Å²) in [6.07, 6.45) is 1.01. The molecule has 5 aromatic rings. The molecule has 2 N–H and O–H groups in total. The molecule has 0 saturated carbocycles. The average Bonchev–Trinajstić information content (AvgIpc) is 3.67. The van der Waals surface area contributed by atoms with Gasteiger partial charge in [-0.25, -0.2) is 9.37 Å². The number of carbonyl (C=O) groups excluding carboxylic acids is 2. The van der Waals surface area contributed by atoms with Crippen LogP contribution < -0.4 is 10.6 Å². The molecule has 3 aromatic heterocycles. The summed E-state index contributed by atoms with van der Waals surface area (Å²) < 4.78 is 37.7. The van der Waals surface area contributed by atoms with Crippen molar-refractivity contribution in [3.05, 3.63) is 72.1 Å². The summed E-state index contributed by atoms with van der Waals surface area (Å²) in [5, 5.41) is 1.29. The van der Waals surface area contributed by atoms with E-state index in [4.69, 9.17) is 24.0 Å². The minimum atomic E-state index is -0.694. The lowest BCUT2D eigenvalue weighted by molar-refractivity contribution is 0.0283. The van der Waals surface area contributed by atoms with Gasteiger partial charge in [0.1, 0.15) is 11.2 Å². The fourth-order valence-electron chi connectivity index (χ4n) is 5.32. The van der Waals surface area contributed by atoms with Gasteiger partial charge in [-0.2, -0.15) is 4.98 Å². The Balaban J connectivity index is 1.28. The monoisotopic (exact) mass is 586 g/mol. The molecule has 7 rings (SSSR count). The first-order chi connectivity index (χ1) is 20.9. The number of anilines is 4. The molecule has 2 amide bonds. The van der Waals surface area contributed by atoms with Crippen LogP contribution in [0.25, 0.3) is 21.9 Å². The molecule has 2 aliphatic heterocycles. The maximum Gasteiger partial charge on any atom is 0.289 e. The molecule has 0 bridgehead atoms. The zero-order chi connectivity index (χ0) is 29.5. The number of furan rings is 2. The van der Waals surface area contributed by atoms with Crippen LogP contribution in [-0.4, -0.2) is 84.2 Å². The summed E-state index contributed by atoms with van der Waals surface area (Å²) in [7, 11) is 0. The second-order valence-corrected chi connectivity index (χ2v) is 10.2. The number of nitrogen functional groups attached to an aromatic ring is 1. The molecule has 2 saturated heterocycles. The van der Waals surface area contributed by atoms with Crippen LogP contribution in [0.2, 0.25) is 0 Å². The summed E-state index contributed by atoms with van der Waals surface area (Å²) in [6.45, 7) is 3.84. The van der Waals surface area contributed by atoms with Crippen molar-refractivity contribution < 1.29 is 32.3 Å². The van der Waals surface area contributed by atoms with Gasteiger partial charge in [0, 0.05) is 48.3 Å². The molecule has 0 aliphatic carbocycles. The third-order valence-corrected chi connectivity index (χ3v) is 7.49. The second-order valence-electron chi connectivity index (χ2n) is 10.2. The van der Waals surface area contributed by atoms with Crippen molar-refractivity contribution in [2.45, 2.75) is 0 Å². The van der Waals surface area contributed by atoms with E-state index in [-0.39, 0.29) is 35.1 Å². The van der Waals surface area contributed by atoms with Gasteiger partial charge in [-0.15, -0.1) is 0 Å². The average molecular weight is 587 g/mol. The number of ether oxygens (including phenoxy) is 2. The van der Waals surface area contributed by atoms with Crippen molar-refractivity contribution in [1.82, 2.24) is 19.8 Å². The Morgan fingerprint density at radius 2 is 1.26 bits per heavy atom. The highest BCUT2D eigenvalue weighted by Gasteiger charge is 2.25. The Morgan fingerprint density at radius 1 is 0.767 bits per heavy atom. The number of rotatable bonds is 5. The molecule has 13 heteroatoms. The van der Waals surface area contributed by atoms with Gasteiger partial charge >= 0.3 is 0 Å². The van der Waals surface area contributed by atoms with E-state index in [1.807, 2.05) is 0 Å². The van der Waals surface area contributed by atoms with Gasteiger partial charge in [0.15, 0.2) is 23.2 Å². The van der Waals surface area contributed by atoms with Gasteiger partial charge in [0.05, 0.1) is 32.6 Å². The highest BCUT2D eigenvalue weighted by molar-refractivity contribution is 5.99. The zero-order valence-electron chi connectivity index (χ0n) is 23.0. The Morgan fingerprint density at radius 3 is 1.74 bits per heavy atom. The van der Waals surface area contributed by atoms with Crippen molar-refractivity contribution >= 4 is 56.9 Å². The number of benzene rings is 2. The number of aromatic nitrogens is 2. The molecule has 2 aromatic carbocycles. The van der Waals surface area contributed by atoms with Gasteiger partial charge < -0.3 is 33.8 Å². The third kappa shape index (κ3) is 5.13. The summed E-state index contributed by atoms with van der Waals surface area (Å²) in [5.41, 5.74) is 7.93. The number of nitrogens with zero attached hydrogens (tertiary/aromatic N) is 5. The van der Waals surface area contributed by atoms with E-state index in [1.165, 1.54) is 0 Å². The standard InChI is InChI=1S/C30H27FN6O6/c31-22-17-33-30(32)34-27(22)37(20-1-3-23-18(13-20)15-25(42-23)28(38)35-5-9-40-10-6-35)21-2-4-24-19(14-21)16-26(43-24)29(39)36-7-11-41-12-8-36/h1-4,13-17H,5-12H2,(H2,32,33,34). The zero-order valence-corrected chi connectivity index (χ0v) is 23.0. The summed E-state index contributed by atoms with van der Waals surface area (Å²) in [6, 6.07) is 13.8. The molecule has 12 nitrogen and oxygen atoms in total. The first kappa shape index (κ1) is 26.9. The highest BCUT2D eigenvalue weighted by atomic mass is 19.1. The first-order valence-corrected chi connectivity index (χ1v) is 13.8. The fourth-order valence-corrected chi connectivity index (χ4v) is 5.32. The van der Waals surface area contributed by atoms with Crippen molar-refractivity contribution in [1.29, 1.82) is 0 Å². The maximum atomic E-state index is 15.3. The molecular formula is C30H27FN6O6. The smallest absolute Gasteiger partial charge is 0.289 e. The maximum absolute atomic E-state index is 15.3. The minimum absolute atomic E-state index is 0.0765. The van der Waals surface area contributed by atoms with E-state index in [1.54, 1.807) is 63.2 Å². The fraction of sp³-hybridized carbons (Fsp3) is 0.267. The highest BCUT2D eigenvalue weighted by Crippen LogP contribution is 2.39. The van der Waals surface area contributed by atoms with Crippen LogP contribution >= 0.6 is 0 Å². The van der Waals surface area contributed by atoms with Gasteiger partial charge in [0.2, 0.25) is 5.95 Å². The Labute approximate surface area is 244 Å².